The fraction of sp³-hybridized carbons (Fsp3) is 0.0625. The molecule has 0 fully saturated rings. The monoisotopic (exact) mass is 316 g/mol. The number of fused-ring (bicyclic) bond motifs is 1. The van der Waals surface area contributed by atoms with Crippen LogP contribution in [0.4, 0.5) is 0 Å². The fourth-order valence-corrected chi connectivity index (χ4v) is 2.56. The Balaban J connectivity index is 1.89. The fourth-order valence-electron chi connectivity index (χ4n) is 2.07. The van der Waals surface area contributed by atoms with E-state index in [1.807, 2.05) is 36.4 Å². The first kappa shape index (κ1) is 14.0. The van der Waals surface area contributed by atoms with Crippen LogP contribution in [0.15, 0.2) is 48.7 Å². The molecule has 2 heterocycles. The molecule has 5 heteroatoms. The van der Waals surface area contributed by atoms with Crippen LogP contribution in [0.25, 0.3) is 10.9 Å². The Bertz CT molecular complexity index is 833. The quantitative estimate of drug-likeness (QED) is 0.674. The number of carbonyl (C=O) groups excluding carboxylic acids is 1. The van der Waals surface area contributed by atoms with Crippen LogP contribution < -0.4 is 0 Å². The average Bonchev–Trinajstić information content (AvgIpc) is 2.47. The summed E-state index contributed by atoms with van der Waals surface area (Å²) >= 11 is 11.8. The molecule has 0 saturated carbocycles. The zero-order valence-electron chi connectivity index (χ0n) is 10.9. The Hall–Kier alpha value is -1.97. The zero-order valence-corrected chi connectivity index (χ0v) is 12.4. The number of nitrogens with zero attached hydrogens (tertiary/aromatic N) is 2. The van der Waals surface area contributed by atoms with Gasteiger partial charge in [0.05, 0.1) is 22.0 Å². The first-order valence-corrected chi connectivity index (χ1v) is 7.08. The Labute approximate surface area is 131 Å². The number of hydrogen-bond donors (Lipinski definition) is 0. The summed E-state index contributed by atoms with van der Waals surface area (Å²) in [4.78, 5) is 20.7. The number of benzene rings is 1. The van der Waals surface area contributed by atoms with Crippen LogP contribution in [0, 0.1) is 0 Å². The summed E-state index contributed by atoms with van der Waals surface area (Å²) in [7, 11) is 0. The van der Waals surface area contributed by atoms with Crippen LogP contribution >= 0.6 is 23.2 Å². The van der Waals surface area contributed by atoms with Crippen LogP contribution in [0.3, 0.4) is 0 Å². The van der Waals surface area contributed by atoms with Crippen molar-refractivity contribution in [3.05, 3.63) is 70.1 Å². The normalized spacial score (nSPS) is 10.8. The molecule has 3 aromatic rings. The third-order valence-electron chi connectivity index (χ3n) is 3.07. The molecule has 1 aromatic carbocycles. The van der Waals surface area contributed by atoms with Crippen LogP contribution in [-0.2, 0) is 6.42 Å². The van der Waals surface area contributed by atoms with Crippen molar-refractivity contribution >= 4 is 39.9 Å². The van der Waals surface area contributed by atoms with Gasteiger partial charge in [-0.05, 0) is 18.2 Å². The minimum atomic E-state index is -0.181. The van der Waals surface area contributed by atoms with Crippen molar-refractivity contribution in [3.8, 4) is 0 Å². The van der Waals surface area contributed by atoms with Crippen LogP contribution in [-0.4, -0.2) is 15.8 Å². The number of Topliss-reactive ketones (excluding diaryl/α,β-unsaturated/α-hetero) is 1. The van der Waals surface area contributed by atoms with Gasteiger partial charge in [0.1, 0.15) is 5.69 Å². The molecule has 21 heavy (non-hydrogen) atoms. The average molecular weight is 317 g/mol. The molecule has 3 rings (SSSR count). The summed E-state index contributed by atoms with van der Waals surface area (Å²) in [6.07, 6.45) is 1.56. The highest BCUT2D eigenvalue weighted by atomic mass is 35.5. The van der Waals surface area contributed by atoms with E-state index in [0.29, 0.717) is 10.7 Å². The number of halogens is 2. The van der Waals surface area contributed by atoms with Crippen LogP contribution in [0.2, 0.25) is 10.0 Å². The van der Waals surface area contributed by atoms with Crippen molar-refractivity contribution in [2.45, 2.75) is 6.42 Å². The predicted molar refractivity (Wildman–Crippen MR) is 84.0 cm³/mol. The van der Waals surface area contributed by atoms with E-state index in [4.69, 9.17) is 23.2 Å². The molecule has 0 amide bonds. The lowest BCUT2D eigenvalue weighted by Gasteiger charge is -2.04. The first-order chi connectivity index (χ1) is 10.1. The van der Waals surface area contributed by atoms with E-state index in [2.05, 4.69) is 9.97 Å². The van der Waals surface area contributed by atoms with E-state index in [-0.39, 0.29) is 22.9 Å². The highest BCUT2D eigenvalue weighted by molar-refractivity contribution is 6.36. The number of hydrogen-bond acceptors (Lipinski definition) is 3. The molecule has 0 N–H and O–H groups in total. The molecule has 0 aliphatic carbocycles. The lowest BCUT2D eigenvalue weighted by molar-refractivity contribution is 0.0987. The molecule has 0 atom stereocenters. The topological polar surface area (TPSA) is 42.9 Å². The van der Waals surface area contributed by atoms with Gasteiger partial charge in [-0.15, -0.1) is 0 Å². The highest BCUT2D eigenvalue weighted by Crippen LogP contribution is 2.20. The zero-order chi connectivity index (χ0) is 14.8. The van der Waals surface area contributed by atoms with E-state index in [0.717, 1.165) is 10.9 Å². The Morgan fingerprint density at radius 1 is 1.10 bits per heavy atom. The van der Waals surface area contributed by atoms with Gasteiger partial charge in [0, 0.05) is 17.3 Å². The van der Waals surface area contributed by atoms with Crippen molar-refractivity contribution in [2.24, 2.45) is 0 Å². The summed E-state index contributed by atoms with van der Waals surface area (Å²) in [5.74, 6) is -0.181. The molecule has 0 aliphatic rings. The molecule has 0 unspecified atom stereocenters. The molecule has 3 nitrogen and oxygen atoms in total. The van der Waals surface area contributed by atoms with Gasteiger partial charge >= 0.3 is 0 Å². The second-order valence-corrected chi connectivity index (χ2v) is 5.42. The van der Waals surface area contributed by atoms with E-state index in [9.17, 15) is 4.79 Å². The number of rotatable bonds is 3. The van der Waals surface area contributed by atoms with Gasteiger partial charge in [0.15, 0.2) is 5.78 Å². The number of para-hydroxylation sites is 1. The summed E-state index contributed by atoms with van der Waals surface area (Å²) < 4.78 is 0. The highest BCUT2D eigenvalue weighted by Gasteiger charge is 2.14. The number of pyridine rings is 2. The van der Waals surface area contributed by atoms with Crippen molar-refractivity contribution in [2.75, 3.05) is 0 Å². The van der Waals surface area contributed by atoms with E-state index in [1.165, 1.54) is 12.3 Å². The SMILES string of the molecule is O=C(Cc1ccc2ccccc2n1)c1ncc(Cl)cc1Cl. The number of ketones is 1. The minimum absolute atomic E-state index is 0.152. The Kier molecular flexibility index (Phi) is 3.86. The molecular weight excluding hydrogens is 307 g/mol. The summed E-state index contributed by atoms with van der Waals surface area (Å²) in [5.41, 5.74) is 1.76. The van der Waals surface area contributed by atoms with Gasteiger partial charge in [-0.2, -0.15) is 0 Å². The molecule has 0 aliphatic heterocycles. The molecule has 0 bridgehead atoms. The first-order valence-electron chi connectivity index (χ1n) is 6.32. The van der Waals surface area contributed by atoms with Crippen molar-refractivity contribution < 1.29 is 4.79 Å². The maximum atomic E-state index is 12.3. The van der Waals surface area contributed by atoms with E-state index in [1.54, 1.807) is 0 Å². The van der Waals surface area contributed by atoms with Crippen molar-refractivity contribution in [1.29, 1.82) is 0 Å². The molecular formula is C16H10Cl2N2O. The molecule has 0 spiro atoms. The lowest BCUT2D eigenvalue weighted by atomic mass is 10.1. The standard InChI is InChI=1S/C16H10Cl2N2O/c17-11-7-13(18)16(19-9-11)15(21)8-12-6-5-10-3-1-2-4-14(10)20-12/h1-7,9H,8H2. The van der Waals surface area contributed by atoms with Gasteiger partial charge in [-0.1, -0.05) is 47.5 Å². The van der Waals surface area contributed by atoms with E-state index < -0.39 is 0 Å². The maximum absolute atomic E-state index is 12.3. The second kappa shape index (κ2) is 5.80. The van der Waals surface area contributed by atoms with Gasteiger partial charge in [-0.3, -0.25) is 9.78 Å². The van der Waals surface area contributed by atoms with Crippen LogP contribution in [0.5, 0.6) is 0 Å². The third kappa shape index (κ3) is 3.04. The molecule has 2 aromatic heterocycles. The second-order valence-electron chi connectivity index (χ2n) is 4.58. The van der Waals surface area contributed by atoms with Crippen LogP contribution in [0.1, 0.15) is 16.2 Å². The van der Waals surface area contributed by atoms with Crippen molar-refractivity contribution in [3.63, 3.8) is 0 Å². The molecule has 104 valence electrons. The van der Waals surface area contributed by atoms with Gasteiger partial charge in [0.2, 0.25) is 0 Å². The smallest absolute Gasteiger partial charge is 0.188 e. The Morgan fingerprint density at radius 3 is 2.71 bits per heavy atom. The summed E-state index contributed by atoms with van der Waals surface area (Å²) in [6.45, 7) is 0. The lowest BCUT2D eigenvalue weighted by Crippen LogP contribution is -2.08. The molecule has 0 radical (unpaired) electrons. The van der Waals surface area contributed by atoms with Crippen molar-refractivity contribution in [1.82, 2.24) is 9.97 Å². The summed E-state index contributed by atoms with van der Waals surface area (Å²) in [5, 5.41) is 1.70. The molecule has 0 saturated heterocycles. The minimum Gasteiger partial charge on any atom is -0.292 e. The van der Waals surface area contributed by atoms with Gasteiger partial charge in [-0.25, -0.2) is 4.98 Å². The predicted octanol–water partition coefficient (Wildman–Crippen LogP) is 4.36. The number of aromatic nitrogens is 2. The largest absolute Gasteiger partial charge is 0.292 e. The maximum Gasteiger partial charge on any atom is 0.188 e. The summed E-state index contributed by atoms with van der Waals surface area (Å²) in [6, 6.07) is 13.1. The van der Waals surface area contributed by atoms with Gasteiger partial charge in [0.25, 0.3) is 0 Å². The third-order valence-corrected chi connectivity index (χ3v) is 3.56. The Morgan fingerprint density at radius 2 is 1.90 bits per heavy atom. The van der Waals surface area contributed by atoms with Gasteiger partial charge < -0.3 is 0 Å². The van der Waals surface area contributed by atoms with E-state index >= 15 is 0 Å². The number of carbonyl (C=O) groups is 1.